The lowest BCUT2D eigenvalue weighted by Gasteiger charge is -2.37. The van der Waals surface area contributed by atoms with Crippen molar-refractivity contribution in [2.24, 2.45) is 0 Å². The van der Waals surface area contributed by atoms with E-state index in [1.54, 1.807) is 37.3 Å². The molecule has 3 aliphatic rings. The summed E-state index contributed by atoms with van der Waals surface area (Å²) >= 11 is 0. The zero-order chi connectivity index (χ0) is 25.4. The van der Waals surface area contributed by atoms with Crippen molar-refractivity contribution in [3.8, 4) is 11.5 Å². The van der Waals surface area contributed by atoms with Crippen molar-refractivity contribution in [2.75, 3.05) is 51.0 Å². The molecule has 10 heteroatoms. The fourth-order valence-electron chi connectivity index (χ4n) is 4.81. The molecule has 190 valence electrons. The summed E-state index contributed by atoms with van der Waals surface area (Å²) in [6, 6.07) is 9.36. The van der Waals surface area contributed by atoms with Crippen molar-refractivity contribution in [1.82, 2.24) is 15.1 Å². The first-order chi connectivity index (χ1) is 17.3. The van der Waals surface area contributed by atoms with Crippen LogP contribution in [0.3, 0.4) is 0 Å². The molecule has 1 atom stereocenters. The molecule has 5 rings (SSSR count). The lowest BCUT2D eigenvalue weighted by molar-refractivity contribution is -0.132. The standard InChI is InChI=1S/C26H29FN4O5/c1-17(32)18-4-6-21(20(27)14-18)30-10-8-29(9-11-30)16-31-24(33)26(2,28-25(31)34)19-5-7-22-23(15-19)36-13-3-12-35-22/h4-7,14-15H,3,8-13,16H2,1-2H3,(H,28,34)/t26-/m1/s1. The Morgan fingerprint density at radius 3 is 2.44 bits per heavy atom. The monoisotopic (exact) mass is 496 g/mol. The number of carbonyl (C=O) groups is 3. The van der Waals surface area contributed by atoms with Crippen LogP contribution in [0.25, 0.3) is 0 Å². The van der Waals surface area contributed by atoms with Crippen molar-refractivity contribution >= 4 is 23.4 Å². The Hall–Kier alpha value is -3.66. The van der Waals surface area contributed by atoms with Gasteiger partial charge in [0.1, 0.15) is 11.4 Å². The number of nitrogens with one attached hydrogen (secondary N) is 1. The molecule has 0 spiro atoms. The molecule has 1 N–H and O–H groups in total. The SMILES string of the molecule is CC(=O)c1ccc(N2CCN(CN3C(=O)N[C@](C)(c4ccc5c(c4)OCCCO5)C3=O)CC2)c(F)c1. The number of piperazine rings is 1. The Kier molecular flexibility index (Phi) is 6.29. The first kappa shape index (κ1) is 24.1. The van der Waals surface area contributed by atoms with Gasteiger partial charge in [-0.3, -0.25) is 14.5 Å². The van der Waals surface area contributed by atoms with Crippen LogP contribution in [0.5, 0.6) is 11.5 Å². The average Bonchev–Trinajstić information content (AvgIpc) is 3.02. The molecule has 3 amide bonds. The highest BCUT2D eigenvalue weighted by molar-refractivity contribution is 6.07. The quantitative estimate of drug-likeness (QED) is 0.503. The molecular weight excluding hydrogens is 467 g/mol. The highest BCUT2D eigenvalue weighted by Crippen LogP contribution is 2.36. The van der Waals surface area contributed by atoms with Crippen molar-refractivity contribution in [3.05, 3.63) is 53.3 Å². The fourth-order valence-corrected chi connectivity index (χ4v) is 4.81. The summed E-state index contributed by atoms with van der Waals surface area (Å²) in [7, 11) is 0. The van der Waals surface area contributed by atoms with Crippen LogP contribution in [0.15, 0.2) is 36.4 Å². The van der Waals surface area contributed by atoms with Crippen LogP contribution in [-0.2, 0) is 10.3 Å². The minimum atomic E-state index is -1.22. The van der Waals surface area contributed by atoms with Gasteiger partial charge >= 0.3 is 6.03 Å². The summed E-state index contributed by atoms with van der Waals surface area (Å²) in [5.74, 6) is 0.231. The maximum atomic E-state index is 14.6. The Labute approximate surface area is 208 Å². The van der Waals surface area contributed by atoms with E-state index in [4.69, 9.17) is 9.47 Å². The van der Waals surface area contributed by atoms with E-state index in [0.717, 1.165) is 6.42 Å². The highest BCUT2D eigenvalue weighted by Gasteiger charge is 2.49. The highest BCUT2D eigenvalue weighted by atomic mass is 19.1. The number of Topliss-reactive ketones (excluding diaryl/α,β-unsaturated/α-hetero) is 1. The van der Waals surface area contributed by atoms with Gasteiger partial charge < -0.3 is 19.7 Å². The van der Waals surface area contributed by atoms with Crippen molar-refractivity contribution in [1.29, 1.82) is 0 Å². The number of imide groups is 1. The first-order valence-electron chi connectivity index (χ1n) is 12.1. The van der Waals surface area contributed by atoms with E-state index in [9.17, 15) is 18.8 Å². The second kappa shape index (κ2) is 9.42. The number of benzene rings is 2. The van der Waals surface area contributed by atoms with E-state index < -0.39 is 17.4 Å². The van der Waals surface area contributed by atoms with E-state index >= 15 is 0 Å². The third kappa shape index (κ3) is 4.37. The zero-order valence-electron chi connectivity index (χ0n) is 20.4. The molecule has 2 aromatic carbocycles. The van der Waals surface area contributed by atoms with Crippen LogP contribution in [0.2, 0.25) is 0 Å². The molecule has 2 aromatic rings. The lowest BCUT2D eigenvalue weighted by Crippen LogP contribution is -2.51. The number of urea groups is 1. The second-order valence-electron chi connectivity index (χ2n) is 9.47. The lowest BCUT2D eigenvalue weighted by atomic mass is 9.91. The summed E-state index contributed by atoms with van der Waals surface area (Å²) in [6.07, 6.45) is 0.772. The molecule has 0 aromatic heterocycles. The van der Waals surface area contributed by atoms with Crippen LogP contribution in [-0.4, -0.2) is 73.6 Å². The molecule has 36 heavy (non-hydrogen) atoms. The number of halogens is 1. The van der Waals surface area contributed by atoms with Crippen LogP contribution >= 0.6 is 0 Å². The maximum Gasteiger partial charge on any atom is 0.326 e. The van der Waals surface area contributed by atoms with E-state index in [2.05, 4.69) is 5.32 Å². The van der Waals surface area contributed by atoms with Crippen molar-refractivity contribution in [3.63, 3.8) is 0 Å². The summed E-state index contributed by atoms with van der Waals surface area (Å²) in [6.45, 7) is 6.48. The van der Waals surface area contributed by atoms with Crippen LogP contribution in [0.4, 0.5) is 14.9 Å². The van der Waals surface area contributed by atoms with Crippen LogP contribution < -0.4 is 19.7 Å². The number of anilines is 1. The molecule has 2 fully saturated rings. The third-order valence-electron chi connectivity index (χ3n) is 7.01. The molecule has 0 bridgehead atoms. The van der Waals surface area contributed by atoms with Crippen molar-refractivity contribution in [2.45, 2.75) is 25.8 Å². The molecular formula is C26H29FN4O5. The molecule has 9 nitrogen and oxygen atoms in total. The fraction of sp³-hybridized carbons (Fsp3) is 0.423. The largest absolute Gasteiger partial charge is 0.490 e. The summed E-state index contributed by atoms with van der Waals surface area (Å²) in [5.41, 5.74) is 0.189. The third-order valence-corrected chi connectivity index (χ3v) is 7.01. The van der Waals surface area contributed by atoms with Gasteiger partial charge in [-0.15, -0.1) is 0 Å². The number of fused-ring (bicyclic) bond motifs is 1. The number of hydrogen-bond acceptors (Lipinski definition) is 7. The minimum absolute atomic E-state index is 0.143. The van der Waals surface area contributed by atoms with Crippen molar-refractivity contribution < 1.29 is 28.2 Å². The van der Waals surface area contributed by atoms with E-state index in [-0.39, 0.29) is 18.4 Å². The molecule has 0 saturated carbocycles. The van der Waals surface area contributed by atoms with Gasteiger partial charge in [0, 0.05) is 38.2 Å². The summed E-state index contributed by atoms with van der Waals surface area (Å²) < 4.78 is 26.0. The van der Waals surface area contributed by atoms with Gasteiger partial charge in [-0.2, -0.15) is 0 Å². The predicted molar refractivity (Wildman–Crippen MR) is 130 cm³/mol. The smallest absolute Gasteiger partial charge is 0.326 e. The van der Waals surface area contributed by atoms with Gasteiger partial charge in [0.15, 0.2) is 17.3 Å². The number of carbonyl (C=O) groups excluding carboxylic acids is 3. The van der Waals surface area contributed by atoms with E-state index in [0.29, 0.717) is 67.7 Å². The van der Waals surface area contributed by atoms with Gasteiger partial charge in [0.2, 0.25) is 0 Å². The number of rotatable bonds is 5. The Balaban J connectivity index is 1.24. The number of ether oxygens (including phenoxy) is 2. The molecule has 3 aliphatic heterocycles. The zero-order valence-corrected chi connectivity index (χ0v) is 20.4. The number of ketones is 1. The van der Waals surface area contributed by atoms with Gasteiger partial charge in [-0.25, -0.2) is 14.1 Å². The molecule has 2 saturated heterocycles. The Morgan fingerprint density at radius 1 is 1.03 bits per heavy atom. The molecule has 0 aliphatic carbocycles. The van der Waals surface area contributed by atoms with Gasteiger partial charge in [0.25, 0.3) is 5.91 Å². The normalized spacial score (nSPS) is 22.4. The van der Waals surface area contributed by atoms with Crippen LogP contribution in [0.1, 0.15) is 36.2 Å². The molecule has 3 heterocycles. The maximum absolute atomic E-state index is 14.6. The average molecular weight is 497 g/mol. The molecule has 0 radical (unpaired) electrons. The topological polar surface area (TPSA) is 91.4 Å². The second-order valence-corrected chi connectivity index (χ2v) is 9.47. The number of hydrogen-bond donors (Lipinski definition) is 1. The Morgan fingerprint density at radius 2 is 1.75 bits per heavy atom. The van der Waals surface area contributed by atoms with Gasteiger partial charge in [0.05, 0.1) is 25.6 Å². The first-order valence-corrected chi connectivity index (χ1v) is 12.1. The van der Waals surface area contributed by atoms with E-state index in [1.165, 1.54) is 17.9 Å². The van der Waals surface area contributed by atoms with E-state index in [1.807, 2.05) is 9.80 Å². The molecule has 0 unspecified atom stereocenters. The van der Waals surface area contributed by atoms with Gasteiger partial charge in [-0.05, 0) is 49.7 Å². The summed E-state index contributed by atoms with van der Waals surface area (Å²) in [4.78, 5) is 42.9. The van der Waals surface area contributed by atoms with Gasteiger partial charge in [-0.1, -0.05) is 6.07 Å². The predicted octanol–water partition coefficient (Wildman–Crippen LogP) is 2.74. The number of amides is 3. The summed E-state index contributed by atoms with van der Waals surface area (Å²) in [5, 5.41) is 2.84. The minimum Gasteiger partial charge on any atom is -0.490 e. The van der Waals surface area contributed by atoms with Crippen LogP contribution in [0, 0.1) is 5.82 Å². The number of nitrogens with zero attached hydrogens (tertiary/aromatic N) is 3. The Bertz CT molecular complexity index is 1210.